The molecule has 0 amide bonds. The highest BCUT2D eigenvalue weighted by Crippen LogP contribution is 2.22. The molecule has 0 aromatic carbocycles. The second-order valence-electron chi connectivity index (χ2n) is 6.38. The second kappa shape index (κ2) is 6.88. The van der Waals surface area contributed by atoms with Crippen molar-refractivity contribution in [2.24, 2.45) is 5.41 Å². The van der Waals surface area contributed by atoms with E-state index in [9.17, 15) is 0 Å². The number of nitrogens with zero attached hydrogens (tertiary/aromatic N) is 3. The first kappa shape index (κ1) is 16.7. The summed E-state index contributed by atoms with van der Waals surface area (Å²) in [6.07, 6.45) is 0. The Kier molecular flexibility index (Phi) is 5.74. The molecule has 0 aliphatic rings. The van der Waals surface area contributed by atoms with Gasteiger partial charge >= 0.3 is 0 Å². The summed E-state index contributed by atoms with van der Waals surface area (Å²) in [6, 6.07) is 0. The highest BCUT2D eigenvalue weighted by atomic mass is 15.1. The zero-order chi connectivity index (χ0) is 15.3. The molecule has 5 heteroatoms. The van der Waals surface area contributed by atoms with Gasteiger partial charge in [-0.3, -0.25) is 0 Å². The SMILES string of the molecule is CCNc1nc(C)nc(NCC(C)(C)CN(C)C)c1C. The average Bonchev–Trinajstić information content (AvgIpc) is 2.30. The smallest absolute Gasteiger partial charge is 0.134 e. The van der Waals surface area contributed by atoms with Crippen molar-refractivity contribution >= 4 is 11.6 Å². The molecule has 0 radical (unpaired) electrons. The fraction of sp³-hybridized carbons (Fsp3) is 0.733. The highest BCUT2D eigenvalue weighted by Gasteiger charge is 2.19. The lowest BCUT2D eigenvalue weighted by Gasteiger charge is -2.29. The Morgan fingerprint density at radius 3 is 2.10 bits per heavy atom. The van der Waals surface area contributed by atoms with E-state index < -0.39 is 0 Å². The van der Waals surface area contributed by atoms with Crippen molar-refractivity contribution in [3.8, 4) is 0 Å². The van der Waals surface area contributed by atoms with Crippen LogP contribution >= 0.6 is 0 Å². The van der Waals surface area contributed by atoms with Gasteiger partial charge in [0, 0.05) is 25.2 Å². The summed E-state index contributed by atoms with van der Waals surface area (Å²) in [5.41, 5.74) is 1.27. The molecule has 2 N–H and O–H groups in total. The minimum Gasteiger partial charge on any atom is -0.370 e. The molecule has 1 heterocycles. The molecule has 0 unspecified atom stereocenters. The number of hydrogen-bond donors (Lipinski definition) is 2. The summed E-state index contributed by atoms with van der Waals surface area (Å²) in [7, 11) is 4.20. The van der Waals surface area contributed by atoms with Gasteiger partial charge in [-0.15, -0.1) is 0 Å². The minimum atomic E-state index is 0.188. The Hall–Kier alpha value is -1.36. The van der Waals surface area contributed by atoms with Crippen molar-refractivity contribution < 1.29 is 0 Å². The molecule has 0 bridgehead atoms. The lowest BCUT2D eigenvalue weighted by molar-refractivity contribution is 0.254. The molecule has 0 atom stereocenters. The molecule has 20 heavy (non-hydrogen) atoms. The van der Waals surface area contributed by atoms with Gasteiger partial charge in [0.2, 0.25) is 0 Å². The van der Waals surface area contributed by atoms with Gasteiger partial charge in [-0.05, 0) is 40.3 Å². The van der Waals surface area contributed by atoms with Crippen LogP contribution in [0.25, 0.3) is 0 Å². The topological polar surface area (TPSA) is 53.1 Å². The Balaban J connectivity index is 2.82. The van der Waals surface area contributed by atoms with Crippen molar-refractivity contribution in [1.82, 2.24) is 14.9 Å². The van der Waals surface area contributed by atoms with E-state index >= 15 is 0 Å². The van der Waals surface area contributed by atoms with Crippen LogP contribution < -0.4 is 10.6 Å². The van der Waals surface area contributed by atoms with Crippen molar-refractivity contribution in [1.29, 1.82) is 0 Å². The quantitative estimate of drug-likeness (QED) is 0.803. The highest BCUT2D eigenvalue weighted by molar-refractivity contribution is 5.57. The summed E-state index contributed by atoms with van der Waals surface area (Å²) in [6.45, 7) is 13.3. The molecule has 0 aliphatic heterocycles. The van der Waals surface area contributed by atoms with E-state index in [0.29, 0.717) is 0 Å². The van der Waals surface area contributed by atoms with E-state index in [1.807, 2.05) is 6.92 Å². The number of rotatable bonds is 7. The van der Waals surface area contributed by atoms with E-state index in [2.05, 4.69) is 67.3 Å². The molecular weight excluding hydrogens is 250 g/mol. The molecule has 1 aromatic rings. The molecule has 0 saturated heterocycles. The van der Waals surface area contributed by atoms with Crippen LogP contribution in [0.4, 0.5) is 11.6 Å². The molecule has 5 nitrogen and oxygen atoms in total. The third-order valence-electron chi connectivity index (χ3n) is 3.08. The van der Waals surface area contributed by atoms with Gasteiger partial charge < -0.3 is 15.5 Å². The predicted molar refractivity (Wildman–Crippen MR) is 86.5 cm³/mol. The summed E-state index contributed by atoms with van der Waals surface area (Å²) in [5, 5.41) is 6.77. The average molecular weight is 279 g/mol. The van der Waals surface area contributed by atoms with Gasteiger partial charge in [-0.2, -0.15) is 0 Å². The molecule has 0 aliphatic carbocycles. The lowest BCUT2D eigenvalue weighted by Crippen LogP contribution is -2.34. The van der Waals surface area contributed by atoms with Gasteiger partial charge in [0.25, 0.3) is 0 Å². The molecule has 0 fully saturated rings. The van der Waals surface area contributed by atoms with Crippen LogP contribution in [0.15, 0.2) is 0 Å². The maximum absolute atomic E-state index is 4.52. The van der Waals surface area contributed by atoms with Gasteiger partial charge in [-0.25, -0.2) is 9.97 Å². The van der Waals surface area contributed by atoms with Crippen LogP contribution in [0.5, 0.6) is 0 Å². The number of aryl methyl sites for hydroxylation is 1. The fourth-order valence-corrected chi connectivity index (χ4v) is 2.38. The van der Waals surface area contributed by atoms with Crippen LogP contribution in [0.3, 0.4) is 0 Å². The molecular formula is C15H29N5. The zero-order valence-corrected chi connectivity index (χ0v) is 14.0. The summed E-state index contributed by atoms with van der Waals surface area (Å²) < 4.78 is 0. The Labute approximate surface area is 123 Å². The molecule has 1 aromatic heterocycles. The van der Waals surface area contributed by atoms with Gasteiger partial charge in [0.15, 0.2) is 0 Å². The number of anilines is 2. The normalized spacial score (nSPS) is 11.8. The standard InChI is InChI=1S/C15H29N5/c1-8-16-13-11(2)14(19-12(3)18-13)17-9-15(4,5)10-20(6)7/h8-10H2,1-7H3,(H2,16,17,18,19). The lowest BCUT2D eigenvalue weighted by atomic mass is 9.93. The van der Waals surface area contributed by atoms with Crippen molar-refractivity contribution in [2.45, 2.75) is 34.6 Å². The zero-order valence-electron chi connectivity index (χ0n) is 14.0. The van der Waals surface area contributed by atoms with E-state index in [1.54, 1.807) is 0 Å². The maximum Gasteiger partial charge on any atom is 0.134 e. The first-order valence-electron chi connectivity index (χ1n) is 7.23. The third-order valence-corrected chi connectivity index (χ3v) is 3.08. The number of hydrogen-bond acceptors (Lipinski definition) is 5. The largest absolute Gasteiger partial charge is 0.370 e. The van der Waals surface area contributed by atoms with Gasteiger partial charge in [0.1, 0.15) is 17.5 Å². The summed E-state index contributed by atoms with van der Waals surface area (Å²) >= 11 is 0. The third kappa shape index (κ3) is 4.96. The minimum absolute atomic E-state index is 0.188. The van der Waals surface area contributed by atoms with E-state index in [4.69, 9.17) is 0 Å². The van der Waals surface area contributed by atoms with E-state index in [1.165, 1.54) is 0 Å². The fourth-order valence-electron chi connectivity index (χ4n) is 2.38. The predicted octanol–water partition coefficient (Wildman–Crippen LogP) is 2.52. The molecule has 1 rings (SSSR count). The van der Waals surface area contributed by atoms with Crippen LogP contribution in [0.2, 0.25) is 0 Å². The van der Waals surface area contributed by atoms with Crippen LogP contribution in [0, 0.1) is 19.3 Å². The molecule has 114 valence electrons. The summed E-state index contributed by atoms with van der Waals surface area (Å²) in [4.78, 5) is 11.2. The second-order valence-corrected chi connectivity index (χ2v) is 6.38. The monoisotopic (exact) mass is 279 g/mol. The Morgan fingerprint density at radius 2 is 1.60 bits per heavy atom. The Morgan fingerprint density at radius 1 is 1.05 bits per heavy atom. The maximum atomic E-state index is 4.52. The van der Waals surface area contributed by atoms with Crippen LogP contribution in [-0.4, -0.2) is 48.6 Å². The first-order chi connectivity index (χ1) is 9.25. The first-order valence-corrected chi connectivity index (χ1v) is 7.23. The van der Waals surface area contributed by atoms with E-state index in [-0.39, 0.29) is 5.41 Å². The van der Waals surface area contributed by atoms with Gasteiger partial charge in [0.05, 0.1) is 0 Å². The van der Waals surface area contributed by atoms with Crippen molar-refractivity contribution in [2.75, 3.05) is 44.4 Å². The van der Waals surface area contributed by atoms with Gasteiger partial charge in [-0.1, -0.05) is 13.8 Å². The number of nitrogens with one attached hydrogen (secondary N) is 2. The van der Waals surface area contributed by atoms with E-state index in [0.717, 1.165) is 42.7 Å². The molecule has 0 saturated carbocycles. The van der Waals surface area contributed by atoms with Crippen LogP contribution in [-0.2, 0) is 0 Å². The van der Waals surface area contributed by atoms with Crippen molar-refractivity contribution in [3.63, 3.8) is 0 Å². The summed E-state index contributed by atoms with van der Waals surface area (Å²) in [5.74, 6) is 2.65. The Bertz CT molecular complexity index is 440. The van der Waals surface area contributed by atoms with Crippen LogP contribution in [0.1, 0.15) is 32.2 Å². The molecule has 0 spiro atoms. The van der Waals surface area contributed by atoms with Crippen molar-refractivity contribution in [3.05, 3.63) is 11.4 Å². The number of aromatic nitrogens is 2.